The molecule has 0 aromatic heterocycles. The first kappa shape index (κ1) is 13.6. The lowest BCUT2D eigenvalue weighted by Gasteiger charge is -2.18. The van der Waals surface area contributed by atoms with E-state index in [1.807, 2.05) is 6.07 Å². The largest absolute Gasteiger partial charge is 0.454 e. The number of allylic oxidation sites excluding steroid dienone is 2. The van der Waals surface area contributed by atoms with Crippen molar-refractivity contribution >= 4 is 18.0 Å². The summed E-state index contributed by atoms with van der Waals surface area (Å²) in [7, 11) is 0. The molecule has 0 unspecified atom stereocenters. The van der Waals surface area contributed by atoms with E-state index in [1.165, 1.54) is 0 Å². The van der Waals surface area contributed by atoms with Gasteiger partial charge in [-0.3, -0.25) is 9.59 Å². The molecule has 2 amide bonds. The van der Waals surface area contributed by atoms with E-state index in [4.69, 9.17) is 9.47 Å². The third kappa shape index (κ3) is 1.57. The van der Waals surface area contributed by atoms with Gasteiger partial charge < -0.3 is 9.47 Å². The van der Waals surface area contributed by atoms with Crippen LogP contribution >= 0.6 is 0 Å². The zero-order valence-corrected chi connectivity index (χ0v) is 13.4. The minimum Gasteiger partial charge on any atom is -0.454 e. The van der Waals surface area contributed by atoms with E-state index < -0.39 is 0 Å². The second kappa shape index (κ2) is 4.31. The maximum atomic E-state index is 12.8. The highest BCUT2D eigenvalue weighted by Crippen LogP contribution is 2.73. The Morgan fingerprint density at radius 1 is 1.04 bits per heavy atom. The summed E-state index contributed by atoms with van der Waals surface area (Å²) in [5.74, 6) is 1.09. The molecule has 2 bridgehead atoms. The third-order valence-electron chi connectivity index (χ3n) is 6.55. The van der Waals surface area contributed by atoms with E-state index in [0.717, 1.165) is 23.4 Å². The Balaban J connectivity index is 1.29. The number of hydrogen-bond donors (Lipinski definition) is 0. The van der Waals surface area contributed by atoms with Gasteiger partial charge >= 0.3 is 0 Å². The predicted molar refractivity (Wildman–Crippen MR) is 86.8 cm³/mol. The van der Waals surface area contributed by atoms with Gasteiger partial charge in [0.1, 0.15) is 0 Å². The number of benzene rings is 1. The summed E-state index contributed by atoms with van der Waals surface area (Å²) in [4.78, 5) is 25.6. The van der Waals surface area contributed by atoms with Crippen LogP contribution in [0.25, 0.3) is 0 Å². The van der Waals surface area contributed by atoms with E-state index in [0.29, 0.717) is 11.5 Å². The summed E-state index contributed by atoms with van der Waals surface area (Å²) in [6.45, 7) is 0.208. The van der Waals surface area contributed by atoms with Crippen molar-refractivity contribution in [3.05, 3.63) is 35.9 Å². The van der Waals surface area contributed by atoms with Crippen molar-refractivity contribution in [1.29, 1.82) is 0 Å². The molecule has 2 saturated carbocycles. The minimum atomic E-state index is -0.209. The Kier molecular flexibility index (Phi) is 2.35. The van der Waals surface area contributed by atoms with Gasteiger partial charge in [0, 0.05) is 0 Å². The zero-order valence-electron chi connectivity index (χ0n) is 13.4. The molecule has 2 heterocycles. The second-order valence-corrected chi connectivity index (χ2v) is 7.57. The molecule has 0 radical (unpaired) electrons. The molecule has 1 saturated heterocycles. The van der Waals surface area contributed by atoms with E-state index in [2.05, 4.69) is 17.3 Å². The number of rotatable bonds is 2. The van der Waals surface area contributed by atoms with Crippen LogP contribution in [0.5, 0.6) is 11.5 Å². The van der Waals surface area contributed by atoms with Crippen molar-refractivity contribution in [2.24, 2.45) is 34.2 Å². The third-order valence-corrected chi connectivity index (χ3v) is 6.55. The van der Waals surface area contributed by atoms with Crippen LogP contribution in [0.1, 0.15) is 18.4 Å². The molecule has 2 aliphatic heterocycles. The van der Waals surface area contributed by atoms with Crippen LogP contribution in [0.3, 0.4) is 0 Å². The van der Waals surface area contributed by atoms with Crippen molar-refractivity contribution in [3.8, 4) is 11.5 Å². The van der Waals surface area contributed by atoms with Crippen LogP contribution in [-0.2, 0) is 9.59 Å². The fourth-order valence-electron chi connectivity index (χ4n) is 5.29. The van der Waals surface area contributed by atoms with Crippen molar-refractivity contribution in [2.45, 2.75) is 12.8 Å². The topological polar surface area (TPSA) is 68.2 Å². The zero-order chi connectivity index (χ0) is 16.8. The number of hydrogen-bond acceptors (Lipinski definition) is 5. The first-order valence-electron chi connectivity index (χ1n) is 8.69. The Bertz CT molecular complexity index is 851. The fourth-order valence-corrected chi connectivity index (χ4v) is 5.29. The van der Waals surface area contributed by atoms with Gasteiger partial charge in [0.15, 0.2) is 11.5 Å². The number of imide groups is 1. The van der Waals surface area contributed by atoms with Gasteiger partial charge in [0.25, 0.3) is 11.8 Å². The number of carbonyl (C=O) groups is 2. The van der Waals surface area contributed by atoms with Gasteiger partial charge in [-0.1, -0.05) is 12.2 Å². The lowest BCUT2D eigenvalue weighted by molar-refractivity contribution is -0.141. The van der Waals surface area contributed by atoms with Crippen LogP contribution in [0.15, 0.2) is 35.5 Å². The molecular weight excluding hydrogens is 320 g/mol. The predicted octanol–water partition coefficient (Wildman–Crippen LogP) is 1.95. The normalized spacial score (nSPS) is 35.4. The quantitative estimate of drug-likeness (QED) is 0.470. The van der Waals surface area contributed by atoms with Crippen LogP contribution in [0.2, 0.25) is 0 Å². The van der Waals surface area contributed by atoms with Crippen molar-refractivity contribution < 1.29 is 19.1 Å². The number of hydrazone groups is 1. The van der Waals surface area contributed by atoms with E-state index in [1.54, 1.807) is 18.3 Å². The number of carbonyl (C=O) groups excluding carboxylic acids is 2. The molecule has 1 aromatic rings. The molecule has 1 spiro atoms. The highest BCUT2D eigenvalue weighted by molar-refractivity contribution is 6.07. The average Bonchev–Trinajstić information content (AvgIpc) is 2.90. The smallest absolute Gasteiger partial charge is 0.254 e. The highest BCUT2D eigenvalue weighted by Gasteiger charge is 2.73. The highest BCUT2D eigenvalue weighted by atomic mass is 16.7. The molecule has 6 heteroatoms. The van der Waals surface area contributed by atoms with Gasteiger partial charge in [-0.05, 0) is 53.9 Å². The lowest BCUT2D eigenvalue weighted by atomic mass is 9.85. The Morgan fingerprint density at radius 2 is 1.72 bits per heavy atom. The van der Waals surface area contributed by atoms with Crippen LogP contribution < -0.4 is 9.47 Å². The lowest BCUT2D eigenvalue weighted by Crippen LogP contribution is -2.30. The van der Waals surface area contributed by atoms with E-state index in [-0.39, 0.29) is 47.7 Å². The summed E-state index contributed by atoms with van der Waals surface area (Å²) in [5, 5.41) is 5.30. The van der Waals surface area contributed by atoms with Gasteiger partial charge in [-0.15, -0.1) is 0 Å². The van der Waals surface area contributed by atoms with Crippen LogP contribution in [-0.4, -0.2) is 29.8 Å². The summed E-state index contributed by atoms with van der Waals surface area (Å²) in [6, 6.07) is 5.42. The molecular formula is C19H16N2O4. The Hall–Kier alpha value is -2.63. The number of ether oxygens (including phenoxy) is 2. The molecule has 6 nitrogen and oxygen atoms in total. The molecule has 4 atom stereocenters. The summed E-state index contributed by atoms with van der Waals surface area (Å²) in [6.07, 6.45) is 8.15. The van der Waals surface area contributed by atoms with Crippen molar-refractivity contribution in [1.82, 2.24) is 5.01 Å². The summed E-state index contributed by atoms with van der Waals surface area (Å²) < 4.78 is 10.6. The average molecular weight is 336 g/mol. The minimum absolute atomic E-state index is 0.143. The van der Waals surface area contributed by atoms with Crippen LogP contribution in [0, 0.1) is 29.1 Å². The number of amides is 2. The maximum Gasteiger partial charge on any atom is 0.254 e. The van der Waals surface area contributed by atoms with Crippen molar-refractivity contribution in [3.63, 3.8) is 0 Å². The van der Waals surface area contributed by atoms with Gasteiger partial charge in [0.05, 0.1) is 18.1 Å². The molecule has 5 aliphatic rings. The molecule has 25 heavy (non-hydrogen) atoms. The SMILES string of the molecule is O=C1[C@@H]2[C@@H](C(=O)N1/N=C\c1ccc3c(c1)OCO3)[C@@H]1C=C[C@H]2C12CC2. The standard InChI is InChI=1S/C19H16N2O4/c22-17-15-11-2-3-12(19(11)5-6-19)16(15)18(23)21(17)20-8-10-1-4-13-14(7-10)25-9-24-13/h1-4,7-8,11-12,15-16H,5-6,9H2/b20-8-/t11-,12+,15-,16-/m0/s1. The summed E-state index contributed by atoms with van der Waals surface area (Å²) in [5.41, 5.74) is 0.981. The molecule has 3 fully saturated rings. The summed E-state index contributed by atoms with van der Waals surface area (Å²) >= 11 is 0. The molecule has 1 aromatic carbocycles. The Labute approximate surface area is 144 Å². The van der Waals surface area contributed by atoms with Gasteiger partial charge in [0.2, 0.25) is 6.79 Å². The first-order valence-corrected chi connectivity index (χ1v) is 8.69. The number of fused-ring (bicyclic) bond motifs is 4. The maximum absolute atomic E-state index is 12.8. The van der Waals surface area contributed by atoms with Crippen LogP contribution in [0.4, 0.5) is 0 Å². The monoisotopic (exact) mass is 336 g/mol. The molecule has 0 N–H and O–H groups in total. The van der Waals surface area contributed by atoms with E-state index >= 15 is 0 Å². The molecule has 3 aliphatic carbocycles. The first-order chi connectivity index (χ1) is 12.2. The van der Waals surface area contributed by atoms with Crippen molar-refractivity contribution in [2.75, 3.05) is 6.79 Å². The molecule has 126 valence electrons. The van der Waals surface area contributed by atoms with Gasteiger partial charge in [-0.2, -0.15) is 10.1 Å². The van der Waals surface area contributed by atoms with Gasteiger partial charge in [-0.25, -0.2) is 0 Å². The fraction of sp³-hybridized carbons (Fsp3) is 0.421. The van der Waals surface area contributed by atoms with E-state index in [9.17, 15) is 9.59 Å². The number of nitrogens with zero attached hydrogens (tertiary/aromatic N) is 2. The Morgan fingerprint density at radius 3 is 2.40 bits per heavy atom. The molecule has 6 rings (SSSR count). The second-order valence-electron chi connectivity index (χ2n) is 7.57.